The third-order valence-corrected chi connectivity index (χ3v) is 4.57. The molecule has 0 fully saturated rings. The van der Waals surface area contributed by atoms with Crippen LogP contribution in [-0.2, 0) is 19.1 Å². The van der Waals surface area contributed by atoms with Crippen LogP contribution in [0.1, 0.15) is 27.6 Å². The molecule has 0 bridgehead atoms. The van der Waals surface area contributed by atoms with Crippen LogP contribution in [0.3, 0.4) is 0 Å². The van der Waals surface area contributed by atoms with Crippen LogP contribution in [0, 0.1) is 0 Å². The number of nitrogens with one attached hydrogen (secondary N) is 1. The summed E-state index contributed by atoms with van der Waals surface area (Å²) in [5.74, 6) is -2.47. The maximum Gasteiger partial charge on any atom is 0.338 e. The molecule has 8 nitrogen and oxygen atoms in total. The highest BCUT2D eigenvalue weighted by Crippen LogP contribution is 2.30. The van der Waals surface area contributed by atoms with Crippen LogP contribution in [0.5, 0.6) is 0 Å². The lowest BCUT2D eigenvalue weighted by molar-refractivity contribution is -0.120. The zero-order valence-electron chi connectivity index (χ0n) is 16.1. The number of carbonyl (C=O) groups excluding carboxylic acids is 4. The average molecular weight is 429 g/mol. The first-order valence-corrected chi connectivity index (χ1v) is 9.26. The van der Waals surface area contributed by atoms with Crippen molar-refractivity contribution < 1.29 is 28.7 Å². The molecule has 2 amide bonds. The third-order valence-electron chi connectivity index (χ3n) is 4.22. The van der Waals surface area contributed by atoms with Gasteiger partial charge in [0, 0.05) is 5.69 Å². The molecule has 1 aliphatic rings. The van der Waals surface area contributed by atoms with Crippen molar-refractivity contribution in [3.8, 4) is 0 Å². The number of hydrogen-bond donors (Lipinski definition) is 1. The molecule has 2 aromatic carbocycles. The van der Waals surface area contributed by atoms with Crippen molar-refractivity contribution in [2.75, 3.05) is 23.9 Å². The quantitative estimate of drug-likeness (QED) is 0.557. The number of carbonyl (C=O) groups is 4. The van der Waals surface area contributed by atoms with Gasteiger partial charge in [-0.1, -0.05) is 17.7 Å². The van der Waals surface area contributed by atoms with Gasteiger partial charge in [0.25, 0.3) is 11.8 Å². The Hall–Kier alpha value is -3.65. The highest BCUT2D eigenvalue weighted by Gasteiger charge is 2.39. The molecule has 0 atom stereocenters. The lowest BCUT2D eigenvalue weighted by Gasteiger charge is -2.16. The summed E-state index contributed by atoms with van der Waals surface area (Å²) >= 11 is 6.11. The minimum atomic E-state index is -0.726. The van der Waals surface area contributed by atoms with E-state index >= 15 is 0 Å². The van der Waals surface area contributed by atoms with E-state index in [4.69, 9.17) is 16.3 Å². The highest BCUT2D eigenvalue weighted by atomic mass is 35.5. The van der Waals surface area contributed by atoms with Gasteiger partial charge in [0.1, 0.15) is 10.7 Å². The number of nitrogens with zero attached hydrogens (tertiary/aromatic N) is 1. The van der Waals surface area contributed by atoms with Gasteiger partial charge in [-0.2, -0.15) is 0 Å². The van der Waals surface area contributed by atoms with Crippen LogP contribution in [0.15, 0.2) is 59.3 Å². The van der Waals surface area contributed by atoms with E-state index in [1.165, 1.54) is 43.5 Å². The Bertz CT molecular complexity index is 1060. The number of esters is 2. The van der Waals surface area contributed by atoms with E-state index in [9.17, 15) is 19.2 Å². The third kappa shape index (κ3) is 4.04. The molecular formula is C21H17ClN2O6. The predicted octanol–water partition coefficient (Wildman–Crippen LogP) is 3.09. The van der Waals surface area contributed by atoms with E-state index in [-0.39, 0.29) is 28.6 Å². The SMILES string of the molecule is CCOC(=O)c1cccc(N2C(=O)C(Cl)=C(Nc3ccc(C(=O)OC)cc3)C2=O)c1. The molecule has 30 heavy (non-hydrogen) atoms. The number of anilines is 2. The van der Waals surface area contributed by atoms with E-state index in [2.05, 4.69) is 10.1 Å². The van der Waals surface area contributed by atoms with E-state index in [0.29, 0.717) is 11.3 Å². The van der Waals surface area contributed by atoms with Gasteiger partial charge < -0.3 is 14.8 Å². The van der Waals surface area contributed by atoms with Crippen molar-refractivity contribution in [3.63, 3.8) is 0 Å². The summed E-state index contributed by atoms with van der Waals surface area (Å²) in [4.78, 5) is 49.8. The van der Waals surface area contributed by atoms with Gasteiger partial charge in [0.05, 0.1) is 30.5 Å². The number of rotatable bonds is 6. The summed E-state index contributed by atoms with van der Waals surface area (Å²) < 4.78 is 9.58. The Morgan fingerprint density at radius 1 is 1.00 bits per heavy atom. The summed E-state index contributed by atoms with van der Waals surface area (Å²) in [6.45, 7) is 1.87. The predicted molar refractivity (Wildman–Crippen MR) is 109 cm³/mol. The Kier molecular flexibility index (Phi) is 6.17. The number of benzene rings is 2. The average Bonchev–Trinajstić information content (AvgIpc) is 2.97. The number of methoxy groups -OCH3 is 1. The lowest BCUT2D eigenvalue weighted by Crippen LogP contribution is -2.32. The summed E-state index contributed by atoms with van der Waals surface area (Å²) in [6.07, 6.45) is 0. The minimum absolute atomic E-state index is 0.117. The lowest BCUT2D eigenvalue weighted by atomic mass is 10.2. The first-order valence-electron chi connectivity index (χ1n) is 8.88. The minimum Gasteiger partial charge on any atom is -0.465 e. The van der Waals surface area contributed by atoms with Gasteiger partial charge in [-0.15, -0.1) is 0 Å². The fourth-order valence-corrected chi connectivity index (χ4v) is 3.00. The van der Waals surface area contributed by atoms with Crippen LogP contribution in [0.25, 0.3) is 0 Å². The fraction of sp³-hybridized carbons (Fsp3) is 0.143. The fourth-order valence-electron chi connectivity index (χ4n) is 2.78. The smallest absolute Gasteiger partial charge is 0.338 e. The van der Waals surface area contributed by atoms with Gasteiger partial charge in [-0.3, -0.25) is 9.59 Å². The Labute approximate surface area is 177 Å². The normalized spacial score (nSPS) is 13.5. The summed E-state index contributed by atoms with van der Waals surface area (Å²) in [7, 11) is 1.27. The Morgan fingerprint density at radius 3 is 2.33 bits per heavy atom. The standard InChI is InChI=1S/C21H17ClN2O6/c1-3-30-21(28)13-5-4-6-15(11-13)24-18(25)16(22)17(19(24)26)23-14-9-7-12(8-10-14)20(27)29-2/h4-11,23H,3H2,1-2H3. The van der Waals surface area contributed by atoms with Gasteiger partial charge >= 0.3 is 11.9 Å². The first kappa shape index (κ1) is 21.1. The van der Waals surface area contributed by atoms with Crippen molar-refractivity contribution in [1.29, 1.82) is 0 Å². The maximum absolute atomic E-state index is 12.9. The van der Waals surface area contributed by atoms with Crippen molar-refractivity contribution >= 4 is 46.7 Å². The van der Waals surface area contributed by atoms with Crippen LogP contribution in [0.4, 0.5) is 11.4 Å². The molecule has 0 saturated heterocycles. The molecule has 9 heteroatoms. The van der Waals surface area contributed by atoms with Crippen molar-refractivity contribution in [3.05, 3.63) is 70.4 Å². The maximum atomic E-state index is 12.9. The molecule has 0 unspecified atom stereocenters. The van der Waals surface area contributed by atoms with Crippen LogP contribution >= 0.6 is 11.6 Å². The molecule has 154 valence electrons. The van der Waals surface area contributed by atoms with Crippen molar-refractivity contribution in [1.82, 2.24) is 0 Å². The highest BCUT2D eigenvalue weighted by molar-refractivity contribution is 6.53. The number of imide groups is 1. The molecule has 0 saturated carbocycles. The number of amides is 2. The van der Waals surface area contributed by atoms with E-state index < -0.39 is 23.8 Å². The van der Waals surface area contributed by atoms with Gasteiger partial charge in [-0.25, -0.2) is 14.5 Å². The summed E-state index contributed by atoms with van der Waals surface area (Å²) in [6, 6.07) is 12.0. The molecule has 1 heterocycles. The van der Waals surface area contributed by atoms with Gasteiger partial charge in [0.2, 0.25) is 0 Å². The number of halogens is 1. The molecule has 3 rings (SSSR count). The number of hydrogen-bond acceptors (Lipinski definition) is 7. The largest absolute Gasteiger partial charge is 0.465 e. The molecule has 1 aliphatic heterocycles. The van der Waals surface area contributed by atoms with Gasteiger partial charge in [-0.05, 0) is 49.4 Å². The van der Waals surface area contributed by atoms with Crippen LogP contribution in [0.2, 0.25) is 0 Å². The number of ether oxygens (including phenoxy) is 2. The van der Waals surface area contributed by atoms with Crippen molar-refractivity contribution in [2.24, 2.45) is 0 Å². The zero-order valence-corrected chi connectivity index (χ0v) is 16.9. The van der Waals surface area contributed by atoms with E-state index in [1.54, 1.807) is 19.1 Å². The Morgan fingerprint density at radius 2 is 1.70 bits per heavy atom. The second kappa shape index (κ2) is 8.79. The monoisotopic (exact) mass is 428 g/mol. The topological polar surface area (TPSA) is 102 Å². The van der Waals surface area contributed by atoms with Crippen molar-refractivity contribution in [2.45, 2.75) is 6.92 Å². The molecule has 0 spiro atoms. The Balaban J connectivity index is 1.84. The van der Waals surface area contributed by atoms with Gasteiger partial charge in [0.15, 0.2) is 0 Å². The van der Waals surface area contributed by atoms with E-state index in [1.807, 2.05) is 0 Å². The van der Waals surface area contributed by atoms with Crippen LogP contribution in [-0.4, -0.2) is 37.5 Å². The van der Waals surface area contributed by atoms with Crippen LogP contribution < -0.4 is 10.2 Å². The van der Waals surface area contributed by atoms with E-state index in [0.717, 1.165) is 4.90 Å². The molecular weight excluding hydrogens is 412 g/mol. The molecule has 0 aromatic heterocycles. The summed E-state index contributed by atoms with van der Waals surface area (Å²) in [5, 5.41) is 2.51. The molecule has 0 aliphatic carbocycles. The second-order valence-electron chi connectivity index (χ2n) is 6.10. The second-order valence-corrected chi connectivity index (χ2v) is 6.48. The molecule has 0 radical (unpaired) electrons. The zero-order chi connectivity index (χ0) is 21.8. The molecule has 2 aromatic rings. The first-order chi connectivity index (χ1) is 14.4. The summed E-state index contributed by atoms with van der Waals surface area (Å²) in [5.41, 5.74) is 1.04. The molecule has 1 N–H and O–H groups in total.